The third-order valence-corrected chi connectivity index (χ3v) is 2.88. The molecule has 0 radical (unpaired) electrons. The van der Waals surface area contributed by atoms with Crippen molar-refractivity contribution < 1.29 is 5.11 Å². The molecule has 0 fully saturated rings. The van der Waals surface area contributed by atoms with Gasteiger partial charge in [-0.1, -0.05) is 11.6 Å². The van der Waals surface area contributed by atoms with Gasteiger partial charge in [-0.15, -0.1) is 10.2 Å². The van der Waals surface area contributed by atoms with Crippen LogP contribution in [0, 0.1) is 0 Å². The predicted octanol–water partition coefficient (Wildman–Crippen LogP) is 2.76. The zero-order valence-corrected chi connectivity index (χ0v) is 10.4. The summed E-state index contributed by atoms with van der Waals surface area (Å²) in [6.07, 6.45) is 1.98. The number of hydrogen-bond acceptors (Lipinski definition) is 5. The van der Waals surface area contributed by atoms with Crippen LogP contribution in [0.4, 0.5) is 5.69 Å². The topological polar surface area (TPSA) is 51.4 Å². The minimum atomic E-state index is 0.0440. The maximum atomic E-state index is 9.27. The van der Waals surface area contributed by atoms with Gasteiger partial charge in [0, 0.05) is 20.6 Å². The van der Waals surface area contributed by atoms with Gasteiger partial charge in [-0.3, -0.25) is 5.01 Å². The number of azo groups is 1. The Morgan fingerprint density at radius 3 is 2.65 bits per heavy atom. The van der Waals surface area contributed by atoms with Crippen LogP contribution in [0.2, 0.25) is 5.02 Å². The van der Waals surface area contributed by atoms with Gasteiger partial charge in [-0.05, 0) is 24.3 Å². The number of phenolic OH excluding ortho intramolecular Hbond substituents is 1. The summed E-state index contributed by atoms with van der Waals surface area (Å²) in [6.45, 7) is 0.821. The van der Waals surface area contributed by atoms with Crippen molar-refractivity contribution in [1.82, 2.24) is 10.0 Å². The Morgan fingerprint density at radius 1 is 1.29 bits per heavy atom. The molecule has 1 aromatic rings. The van der Waals surface area contributed by atoms with Crippen LogP contribution >= 0.6 is 11.6 Å². The van der Waals surface area contributed by atoms with Gasteiger partial charge in [0.05, 0.1) is 10.7 Å². The summed E-state index contributed by atoms with van der Waals surface area (Å²) in [4.78, 5) is 0. The zero-order valence-electron chi connectivity index (χ0n) is 9.63. The molecule has 6 heteroatoms. The Bertz CT molecular complexity index is 486. The maximum Gasteiger partial charge on any atom is 0.162 e. The molecule has 5 nitrogen and oxygen atoms in total. The van der Waals surface area contributed by atoms with Crippen LogP contribution in [0.1, 0.15) is 0 Å². The Morgan fingerprint density at radius 2 is 2.06 bits per heavy atom. The summed E-state index contributed by atoms with van der Waals surface area (Å²) in [7, 11) is 3.89. The first kappa shape index (κ1) is 11.9. The van der Waals surface area contributed by atoms with Gasteiger partial charge in [0.1, 0.15) is 5.75 Å². The lowest BCUT2D eigenvalue weighted by Gasteiger charge is -2.21. The van der Waals surface area contributed by atoms with Crippen molar-refractivity contribution in [2.45, 2.75) is 0 Å². The normalized spacial score (nSPS) is 16.9. The van der Waals surface area contributed by atoms with Crippen LogP contribution in [0.3, 0.4) is 0 Å². The summed E-state index contributed by atoms with van der Waals surface area (Å²) >= 11 is 5.78. The third kappa shape index (κ3) is 2.57. The summed E-state index contributed by atoms with van der Waals surface area (Å²) in [5.41, 5.74) is 0.608. The maximum absolute atomic E-state index is 9.27. The van der Waals surface area contributed by atoms with Gasteiger partial charge in [-0.2, -0.15) is 0 Å². The molecule has 17 heavy (non-hydrogen) atoms. The molecule has 1 aromatic carbocycles. The van der Waals surface area contributed by atoms with E-state index < -0.39 is 0 Å². The largest absolute Gasteiger partial charge is 0.506 e. The molecule has 0 saturated carbocycles. The molecule has 90 valence electrons. The number of likely N-dealkylation sites (N-methyl/N-ethyl adjacent to an activating group) is 1. The second-order valence-electron chi connectivity index (χ2n) is 3.76. The molecule has 0 saturated heterocycles. The van der Waals surface area contributed by atoms with Crippen molar-refractivity contribution in [3.05, 3.63) is 35.1 Å². The smallest absolute Gasteiger partial charge is 0.162 e. The van der Waals surface area contributed by atoms with E-state index in [-0.39, 0.29) is 10.8 Å². The first-order chi connectivity index (χ1) is 8.08. The molecule has 0 spiro atoms. The van der Waals surface area contributed by atoms with Gasteiger partial charge in [-0.25, -0.2) is 5.01 Å². The van der Waals surface area contributed by atoms with E-state index in [1.54, 1.807) is 12.1 Å². The zero-order chi connectivity index (χ0) is 12.4. The second-order valence-corrected chi connectivity index (χ2v) is 4.17. The lowest BCUT2D eigenvalue weighted by atomic mass is 10.3. The molecule has 0 aromatic heterocycles. The van der Waals surface area contributed by atoms with E-state index in [0.717, 1.165) is 12.4 Å². The SMILES string of the molecule is CN1CC=C(/N=N/c2ccc(O)c(Cl)c2)N1C. The highest BCUT2D eigenvalue weighted by Gasteiger charge is 2.15. The number of phenols is 1. The van der Waals surface area contributed by atoms with Crippen LogP contribution in [-0.4, -0.2) is 35.8 Å². The fourth-order valence-electron chi connectivity index (χ4n) is 1.42. The monoisotopic (exact) mass is 252 g/mol. The van der Waals surface area contributed by atoms with E-state index in [0.29, 0.717) is 5.69 Å². The molecular formula is C11H13ClN4O. The van der Waals surface area contributed by atoms with E-state index in [1.807, 2.05) is 30.2 Å². The lowest BCUT2D eigenvalue weighted by molar-refractivity contribution is 0.100. The molecule has 1 heterocycles. The quantitative estimate of drug-likeness (QED) is 0.824. The van der Waals surface area contributed by atoms with E-state index in [2.05, 4.69) is 10.2 Å². The van der Waals surface area contributed by atoms with Crippen LogP contribution in [0.5, 0.6) is 5.75 Å². The molecule has 0 unspecified atom stereocenters. The molecule has 0 bridgehead atoms. The molecule has 0 aliphatic carbocycles. The first-order valence-corrected chi connectivity index (χ1v) is 5.51. The van der Waals surface area contributed by atoms with E-state index in [1.165, 1.54) is 6.07 Å². The van der Waals surface area contributed by atoms with Gasteiger partial charge in [0.2, 0.25) is 0 Å². The Labute approximate surface area is 105 Å². The van der Waals surface area contributed by atoms with E-state index in [9.17, 15) is 5.11 Å². The van der Waals surface area contributed by atoms with Crippen molar-refractivity contribution in [3.8, 4) is 5.75 Å². The Balaban J connectivity index is 2.13. The first-order valence-electron chi connectivity index (χ1n) is 5.13. The van der Waals surface area contributed by atoms with E-state index >= 15 is 0 Å². The van der Waals surface area contributed by atoms with Crippen molar-refractivity contribution in [2.24, 2.45) is 10.2 Å². The molecule has 0 atom stereocenters. The lowest BCUT2D eigenvalue weighted by Crippen LogP contribution is -2.29. The van der Waals surface area contributed by atoms with Crippen molar-refractivity contribution in [2.75, 3.05) is 20.6 Å². The minimum Gasteiger partial charge on any atom is -0.506 e. The van der Waals surface area contributed by atoms with Crippen LogP contribution in [0.15, 0.2) is 40.3 Å². The van der Waals surface area contributed by atoms with Gasteiger partial charge >= 0.3 is 0 Å². The van der Waals surface area contributed by atoms with Crippen molar-refractivity contribution in [3.63, 3.8) is 0 Å². The average molecular weight is 253 g/mol. The fourth-order valence-corrected chi connectivity index (χ4v) is 1.59. The minimum absolute atomic E-state index is 0.0440. The number of aromatic hydroxyl groups is 1. The summed E-state index contributed by atoms with van der Waals surface area (Å²) < 4.78 is 0. The number of hydrazine groups is 1. The van der Waals surface area contributed by atoms with Crippen LogP contribution < -0.4 is 0 Å². The summed E-state index contributed by atoms with van der Waals surface area (Å²) in [5.74, 6) is 0.833. The molecule has 0 amide bonds. The van der Waals surface area contributed by atoms with Gasteiger partial charge in [0.25, 0.3) is 0 Å². The van der Waals surface area contributed by atoms with Gasteiger partial charge in [0.15, 0.2) is 5.82 Å². The molecule has 1 aliphatic rings. The number of nitrogens with zero attached hydrogens (tertiary/aromatic N) is 4. The predicted molar refractivity (Wildman–Crippen MR) is 66.1 cm³/mol. The number of halogens is 1. The number of hydrogen-bond donors (Lipinski definition) is 1. The third-order valence-electron chi connectivity index (χ3n) is 2.58. The highest BCUT2D eigenvalue weighted by molar-refractivity contribution is 6.32. The Hall–Kier alpha value is -1.59. The number of benzene rings is 1. The standard InChI is InChI=1S/C11H13ClN4O/c1-15-6-5-11(16(15)2)14-13-8-3-4-10(17)9(12)7-8/h3-5,7,17H,6H2,1-2H3/b14-13+. The molecule has 1 aliphatic heterocycles. The molecule has 1 N–H and O–H groups in total. The molecular weight excluding hydrogens is 240 g/mol. The molecule has 2 rings (SSSR count). The van der Waals surface area contributed by atoms with Crippen molar-refractivity contribution in [1.29, 1.82) is 0 Å². The number of rotatable bonds is 2. The van der Waals surface area contributed by atoms with Gasteiger partial charge < -0.3 is 5.11 Å². The van der Waals surface area contributed by atoms with Crippen LogP contribution in [-0.2, 0) is 0 Å². The summed E-state index contributed by atoms with van der Waals surface area (Å²) in [6, 6.07) is 4.72. The highest BCUT2D eigenvalue weighted by atomic mass is 35.5. The highest BCUT2D eigenvalue weighted by Crippen LogP contribution is 2.28. The fraction of sp³-hybridized carbons (Fsp3) is 0.273. The van der Waals surface area contributed by atoms with Crippen molar-refractivity contribution >= 4 is 17.3 Å². The summed E-state index contributed by atoms with van der Waals surface area (Å²) in [5, 5.41) is 21.7. The Kier molecular flexibility index (Phi) is 3.31. The van der Waals surface area contributed by atoms with E-state index in [4.69, 9.17) is 11.6 Å². The average Bonchev–Trinajstić information content (AvgIpc) is 2.62. The van der Waals surface area contributed by atoms with Crippen LogP contribution in [0.25, 0.3) is 0 Å². The second kappa shape index (κ2) is 4.73.